The van der Waals surface area contributed by atoms with Crippen LogP contribution in [0.4, 0.5) is 0 Å². The number of fused-ring (bicyclic) bond motifs is 6. The van der Waals surface area contributed by atoms with Gasteiger partial charge in [0.25, 0.3) is 0 Å². The van der Waals surface area contributed by atoms with Gasteiger partial charge in [-0.25, -0.2) is 0 Å². The molecule has 9 atom stereocenters. The van der Waals surface area contributed by atoms with Crippen molar-refractivity contribution in [2.75, 3.05) is 0 Å². The van der Waals surface area contributed by atoms with E-state index in [1.165, 1.54) is 45.4 Å². The molecule has 2 saturated heterocycles. The van der Waals surface area contributed by atoms with Crippen LogP contribution in [0.5, 0.6) is 0 Å². The zero-order chi connectivity index (χ0) is 17.2. The monoisotopic (exact) mass is 346 g/mol. The Balaban J connectivity index is 1.36. The lowest BCUT2D eigenvalue weighted by molar-refractivity contribution is -0.195. The van der Waals surface area contributed by atoms with Crippen molar-refractivity contribution in [2.45, 2.75) is 95.7 Å². The van der Waals surface area contributed by atoms with Gasteiger partial charge in [-0.1, -0.05) is 26.7 Å². The molecule has 4 heteroatoms. The minimum absolute atomic E-state index is 0.00950. The zero-order valence-corrected chi connectivity index (χ0v) is 15.7. The van der Waals surface area contributed by atoms with Gasteiger partial charge in [0.2, 0.25) is 5.79 Å². The summed E-state index contributed by atoms with van der Waals surface area (Å²) in [4.78, 5) is 11.7. The van der Waals surface area contributed by atoms with Gasteiger partial charge in [-0.3, -0.25) is 4.79 Å². The van der Waals surface area contributed by atoms with Crippen LogP contribution in [0.25, 0.3) is 0 Å². The topological polar surface area (TPSA) is 51.4 Å². The molecule has 2 heterocycles. The van der Waals surface area contributed by atoms with Crippen molar-refractivity contribution in [3.63, 3.8) is 0 Å². The van der Waals surface area contributed by atoms with Gasteiger partial charge in [-0.05, 0) is 56.3 Å². The molecule has 0 aromatic heterocycles. The van der Waals surface area contributed by atoms with Crippen LogP contribution in [0.15, 0.2) is 0 Å². The summed E-state index contributed by atoms with van der Waals surface area (Å²) >= 11 is 0. The molecule has 0 N–H and O–H groups in total. The third-order valence-corrected chi connectivity index (χ3v) is 9.65. The number of hydrogen-bond donors (Lipinski definition) is 0. The Bertz CT molecular complexity index is 662. The fourth-order valence-corrected chi connectivity index (χ4v) is 8.43. The highest BCUT2D eigenvalue weighted by Gasteiger charge is 2.82. The largest absolute Gasteiger partial charge is 0.430 e. The first-order valence-electron chi connectivity index (χ1n) is 10.4. The van der Waals surface area contributed by atoms with Crippen LogP contribution in [-0.4, -0.2) is 29.6 Å². The Kier molecular flexibility index (Phi) is 2.64. The van der Waals surface area contributed by atoms with Gasteiger partial charge in [0, 0.05) is 17.8 Å². The zero-order valence-electron chi connectivity index (χ0n) is 15.7. The number of hydrogen-bond acceptors (Lipinski definition) is 4. The van der Waals surface area contributed by atoms with Gasteiger partial charge in [-0.2, -0.15) is 0 Å². The van der Waals surface area contributed by atoms with Gasteiger partial charge in [0.05, 0.1) is 6.10 Å². The SMILES string of the molecule is CC(=O)OC12OC1C[C@H]1[C@@H]3CC4OC45CCCC[C@]5(C)[C@H]3CC[C@@]12C. The fraction of sp³-hybridized carbons (Fsp3) is 0.952. The van der Waals surface area contributed by atoms with Crippen molar-refractivity contribution < 1.29 is 19.0 Å². The maximum Gasteiger partial charge on any atom is 0.305 e. The first-order chi connectivity index (χ1) is 11.9. The quantitative estimate of drug-likeness (QED) is 0.535. The van der Waals surface area contributed by atoms with Crippen molar-refractivity contribution in [3.8, 4) is 0 Å². The second-order valence-electron chi connectivity index (χ2n) is 10.3. The fourth-order valence-electron chi connectivity index (χ4n) is 8.43. The van der Waals surface area contributed by atoms with Crippen LogP contribution in [-0.2, 0) is 19.0 Å². The predicted octanol–water partition coefficient (Wildman–Crippen LogP) is 3.82. The van der Waals surface area contributed by atoms with Gasteiger partial charge < -0.3 is 14.2 Å². The van der Waals surface area contributed by atoms with E-state index in [1.807, 2.05) is 0 Å². The summed E-state index contributed by atoms with van der Waals surface area (Å²) in [5.41, 5.74) is 0.568. The lowest BCUT2D eigenvalue weighted by Gasteiger charge is -2.58. The van der Waals surface area contributed by atoms with Crippen LogP contribution >= 0.6 is 0 Å². The molecule has 6 fully saturated rings. The molecule has 6 rings (SSSR count). The molecule has 0 aromatic carbocycles. The summed E-state index contributed by atoms with van der Waals surface area (Å²) in [5, 5.41) is 0. The molecule has 0 aromatic rings. The van der Waals surface area contributed by atoms with Gasteiger partial charge in [-0.15, -0.1) is 0 Å². The molecule has 1 spiro atoms. The number of esters is 1. The second-order valence-corrected chi connectivity index (χ2v) is 10.3. The third-order valence-electron chi connectivity index (χ3n) is 9.65. The summed E-state index contributed by atoms with van der Waals surface area (Å²) in [6.45, 7) is 6.40. The van der Waals surface area contributed by atoms with Gasteiger partial charge in [0.15, 0.2) is 0 Å². The van der Waals surface area contributed by atoms with Crippen molar-refractivity contribution in [3.05, 3.63) is 0 Å². The van der Waals surface area contributed by atoms with Crippen molar-refractivity contribution in [2.24, 2.45) is 28.6 Å². The summed E-state index contributed by atoms with van der Waals surface area (Å²) in [6.07, 6.45) is 10.6. The molecule has 4 aliphatic carbocycles. The van der Waals surface area contributed by atoms with Crippen LogP contribution in [0, 0.1) is 28.6 Å². The minimum Gasteiger partial charge on any atom is -0.430 e. The van der Waals surface area contributed by atoms with Gasteiger partial charge in [0.1, 0.15) is 11.7 Å². The van der Waals surface area contributed by atoms with Crippen LogP contribution in [0.1, 0.15) is 72.1 Å². The van der Waals surface area contributed by atoms with E-state index in [4.69, 9.17) is 14.2 Å². The highest BCUT2D eigenvalue weighted by molar-refractivity contribution is 5.67. The average Bonchev–Trinajstić information content (AvgIpc) is 3.41. The first kappa shape index (κ1) is 15.4. The molecule has 2 aliphatic heterocycles. The number of epoxide rings is 2. The highest BCUT2D eigenvalue weighted by atomic mass is 16.8. The Morgan fingerprint density at radius 1 is 0.960 bits per heavy atom. The van der Waals surface area contributed by atoms with Crippen molar-refractivity contribution in [1.29, 1.82) is 0 Å². The molecule has 138 valence electrons. The molecule has 0 amide bonds. The molecule has 4 nitrogen and oxygen atoms in total. The van der Waals surface area contributed by atoms with E-state index in [-0.39, 0.29) is 23.1 Å². The summed E-state index contributed by atoms with van der Waals surface area (Å²) < 4.78 is 18.3. The standard InChI is InChI=1S/C21H30O4/c1-12(22)23-21-17(25-21)11-15-13-10-16-20(24-16)8-5-4-7-18(20,2)14(13)6-9-19(15,21)3/h13-17H,4-11H2,1-3H3/t13-,14+,15+,16?,17?,18-,19+,20?,21?/m1/s1. The summed E-state index contributed by atoms with van der Waals surface area (Å²) in [5.74, 6) is 1.30. The lowest BCUT2D eigenvalue weighted by atomic mass is 9.45. The normalized spacial score (nSPS) is 63.4. The first-order valence-corrected chi connectivity index (χ1v) is 10.4. The average molecular weight is 346 g/mol. The van der Waals surface area contributed by atoms with E-state index < -0.39 is 5.79 Å². The van der Waals surface area contributed by atoms with Crippen LogP contribution in [0.2, 0.25) is 0 Å². The smallest absolute Gasteiger partial charge is 0.305 e. The van der Waals surface area contributed by atoms with Gasteiger partial charge >= 0.3 is 5.97 Å². The Labute approximate surface area is 150 Å². The molecule has 0 bridgehead atoms. The summed E-state index contributed by atoms with van der Waals surface area (Å²) in [6, 6.07) is 0. The molecule has 4 saturated carbocycles. The number of ether oxygens (including phenoxy) is 3. The van der Waals surface area contributed by atoms with E-state index in [0.717, 1.165) is 18.8 Å². The molecular formula is C21H30O4. The van der Waals surface area contributed by atoms with Crippen molar-refractivity contribution >= 4 is 5.97 Å². The lowest BCUT2D eigenvalue weighted by Crippen LogP contribution is -2.58. The van der Waals surface area contributed by atoms with E-state index >= 15 is 0 Å². The number of carbonyl (C=O) groups is 1. The molecule has 25 heavy (non-hydrogen) atoms. The van der Waals surface area contributed by atoms with Crippen molar-refractivity contribution in [1.82, 2.24) is 0 Å². The molecule has 0 radical (unpaired) electrons. The number of rotatable bonds is 1. The molecular weight excluding hydrogens is 316 g/mol. The Morgan fingerprint density at radius 2 is 1.76 bits per heavy atom. The third kappa shape index (κ3) is 1.54. The maximum absolute atomic E-state index is 11.7. The maximum atomic E-state index is 11.7. The minimum atomic E-state index is -0.610. The van der Waals surface area contributed by atoms with E-state index in [0.29, 0.717) is 23.4 Å². The summed E-state index contributed by atoms with van der Waals surface area (Å²) in [7, 11) is 0. The van der Waals surface area contributed by atoms with Crippen LogP contribution < -0.4 is 0 Å². The Morgan fingerprint density at radius 3 is 2.56 bits per heavy atom. The molecule has 6 aliphatic rings. The highest BCUT2D eigenvalue weighted by Crippen LogP contribution is 2.77. The Hall–Kier alpha value is -0.610. The predicted molar refractivity (Wildman–Crippen MR) is 90.6 cm³/mol. The van der Waals surface area contributed by atoms with E-state index in [9.17, 15) is 4.79 Å². The second kappa shape index (κ2) is 4.27. The van der Waals surface area contributed by atoms with E-state index in [1.54, 1.807) is 0 Å². The van der Waals surface area contributed by atoms with Crippen LogP contribution in [0.3, 0.4) is 0 Å². The molecule has 4 unspecified atom stereocenters. The number of carbonyl (C=O) groups excluding carboxylic acids is 1. The van der Waals surface area contributed by atoms with E-state index in [2.05, 4.69) is 13.8 Å².